The lowest BCUT2D eigenvalue weighted by atomic mass is 10.0. The number of carbonyl (C=O) groups excluding carboxylic acids is 6. The average molecular weight is 846 g/mol. The molecule has 2 fully saturated rings. The number of aromatic nitrogens is 1. The maximum Gasteiger partial charge on any atom is 0.326 e. The average Bonchev–Trinajstić information content (AvgIpc) is 3.92. The van der Waals surface area contributed by atoms with E-state index in [1.807, 2.05) is 0 Å². The molecule has 0 saturated carbocycles. The highest BCUT2D eigenvalue weighted by molar-refractivity contribution is 5.97. The second-order valence-corrected chi connectivity index (χ2v) is 15.0. The number of rotatable bonds is 25. The van der Waals surface area contributed by atoms with Gasteiger partial charge in [0.1, 0.15) is 36.0 Å². The molecule has 0 aliphatic carbocycles. The first-order chi connectivity index (χ1) is 28.7. The number of carbonyl (C=O) groups is 7. The van der Waals surface area contributed by atoms with Crippen LogP contribution in [0.3, 0.4) is 0 Å². The largest absolute Gasteiger partial charge is 0.480 e. The van der Waals surface area contributed by atoms with Crippen LogP contribution in [0.25, 0.3) is 0 Å². The van der Waals surface area contributed by atoms with Gasteiger partial charge in [-0.1, -0.05) is 6.42 Å². The summed E-state index contributed by atoms with van der Waals surface area (Å²) >= 11 is 0. The number of aliphatic imine (C=N–C) groups is 1. The highest BCUT2D eigenvalue weighted by Gasteiger charge is 2.44. The number of aliphatic hydroxyl groups excluding tert-OH is 1. The summed E-state index contributed by atoms with van der Waals surface area (Å²) in [5.74, 6) is 1.19. The van der Waals surface area contributed by atoms with Gasteiger partial charge in [-0.15, -0.1) is 0 Å². The molecule has 0 bridgehead atoms. The van der Waals surface area contributed by atoms with E-state index in [9.17, 15) is 43.8 Å². The molecule has 1 aromatic heterocycles. The summed E-state index contributed by atoms with van der Waals surface area (Å²) in [6.45, 7) is 2.69. The van der Waals surface area contributed by atoms with Crippen molar-refractivity contribution in [1.29, 1.82) is 0 Å². The van der Waals surface area contributed by atoms with Gasteiger partial charge < -0.3 is 63.9 Å². The van der Waals surface area contributed by atoms with Crippen LogP contribution in [0.1, 0.15) is 101 Å². The molecule has 15 N–H and O–H groups in total. The fourth-order valence-corrected chi connectivity index (χ4v) is 7.18. The van der Waals surface area contributed by atoms with E-state index in [-0.39, 0.29) is 50.8 Å². The fourth-order valence-electron chi connectivity index (χ4n) is 7.18. The number of pyridine rings is 1. The number of nitrogen functional groups attached to an aromatic ring is 1. The zero-order valence-electron chi connectivity index (χ0n) is 34.3. The summed E-state index contributed by atoms with van der Waals surface area (Å²) in [4.78, 5) is 103. The Balaban J connectivity index is 1.58. The summed E-state index contributed by atoms with van der Waals surface area (Å²) < 4.78 is 0. The first-order valence-electron chi connectivity index (χ1n) is 20.6. The second-order valence-electron chi connectivity index (χ2n) is 15.0. The first-order valence-corrected chi connectivity index (χ1v) is 20.6. The van der Waals surface area contributed by atoms with Gasteiger partial charge >= 0.3 is 5.97 Å². The Morgan fingerprint density at radius 3 is 2.22 bits per heavy atom. The van der Waals surface area contributed by atoms with Gasteiger partial charge in [-0.3, -0.25) is 33.8 Å². The SMILES string of the molecule is CC(O)[C@H](NC(=O)CCCCCNC(=O)c1ccc(NN)nc1)C(=O)N[C@@H](CCCCN)C(=O)N1CCC[C@H]1C(=O)N1CCC[C@H]1C(=O)N[C@H](CCCN=C(N)N)C(=O)O. The van der Waals surface area contributed by atoms with E-state index >= 15 is 0 Å². The van der Waals surface area contributed by atoms with Crippen LogP contribution in [0.15, 0.2) is 23.3 Å². The van der Waals surface area contributed by atoms with E-state index in [4.69, 9.17) is 23.0 Å². The zero-order chi connectivity index (χ0) is 44.2. The summed E-state index contributed by atoms with van der Waals surface area (Å²) in [6, 6.07) is -2.42. The van der Waals surface area contributed by atoms with Crippen molar-refractivity contribution in [3.63, 3.8) is 0 Å². The molecule has 1 aromatic rings. The van der Waals surface area contributed by atoms with Crippen LogP contribution in [0, 0.1) is 0 Å². The van der Waals surface area contributed by atoms with Crippen LogP contribution in [0.5, 0.6) is 0 Å². The number of hydrogen-bond donors (Lipinski definition) is 11. The molecule has 22 heteroatoms. The quantitative estimate of drug-likeness (QED) is 0.0163. The van der Waals surface area contributed by atoms with Crippen LogP contribution in [-0.2, 0) is 28.8 Å². The van der Waals surface area contributed by atoms with E-state index in [0.717, 1.165) is 0 Å². The van der Waals surface area contributed by atoms with Crippen molar-refractivity contribution in [2.24, 2.45) is 28.0 Å². The maximum absolute atomic E-state index is 14.2. The minimum Gasteiger partial charge on any atom is -0.480 e. The third-order valence-corrected chi connectivity index (χ3v) is 10.4. The predicted octanol–water partition coefficient (Wildman–Crippen LogP) is -2.26. The molecule has 2 aliphatic heterocycles. The molecule has 3 rings (SSSR count). The smallest absolute Gasteiger partial charge is 0.326 e. The van der Waals surface area contributed by atoms with Gasteiger partial charge in [0.15, 0.2) is 5.96 Å². The van der Waals surface area contributed by atoms with Gasteiger partial charge in [-0.2, -0.15) is 0 Å². The van der Waals surface area contributed by atoms with Gasteiger partial charge in [0.25, 0.3) is 5.91 Å². The number of nitrogens with two attached hydrogens (primary N) is 4. The van der Waals surface area contributed by atoms with Crippen LogP contribution in [0.4, 0.5) is 5.82 Å². The Morgan fingerprint density at radius 1 is 0.883 bits per heavy atom. The topological polar surface area (TPSA) is 356 Å². The highest BCUT2D eigenvalue weighted by atomic mass is 16.4. The Hall–Kier alpha value is -5.61. The summed E-state index contributed by atoms with van der Waals surface area (Å²) in [7, 11) is 0. The number of carboxylic acids is 1. The number of aliphatic carboxylic acids is 1. The lowest BCUT2D eigenvalue weighted by molar-refractivity contribution is -0.149. The molecule has 3 heterocycles. The molecular weight excluding hydrogens is 782 g/mol. The van der Waals surface area contributed by atoms with Gasteiger partial charge in [0.2, 0.25) is 29.5 Å². The number of hydrazine groups is 1. The van der Waals surface area contributed by atoms with Crippen molar-refractivity contribution in [3.05, 3.63) is 23.9 Å². The number of anilines is 1. The lowest BCUT2D eigenvalue weighted by Crippen LogP contribution is -2.59. The number of hydrogen-bond acceptors (Lipinski definition) is 13. The van der Waals surface area contributed by atoms with Gasteiger partial charge in [-0.05, 0) is 96.2 Å². The van der Waals surface area contributed by atoms with E-state index in [2.05, 4.69) is 36.7 Å². The minimum atomic E-state index is -1.38. The normalized spacial score (nSPS) is 18.1. The number of nitrogens with zero attached hydrogens (tertiary/aromatic N) is 4. The van der Waals surface area contributed by atoms with Gasteiger partial charge in [-0.25, -0.2) is 15.6 Å². The van der Waals surface area contributed by atoms with Gasteiger partial charge in [0.05, 0.1) is 11.7 Å². The van der Waals surface area contributed by atoms with Crippen molar-refractivity contribution in [3.8, 4) is 0 Å². The van der Waals surface area contributed by atoms with Crippen molar-refractivity contribution < 1.29 is 43.8 Å². The molecule has 2 aliphatic rings. The molecule has 60 heavy (non-hydrogen) atoms. The number of likely N-dealkylation sites (tertiary alicyclic amines) is 2. The maximum atomic E-state index is 14.2. The molecule has 1 unspecified atom stereocenters. The minimum absolute atomic E-state index is 0.0459. The van der Waals surface area contributed by atoms with Crippen molar-refractivity contribution in [2.75, 3.05) is 38.1 Å². The van der Waals surface area contributed by atoms with Crippen molar-refractivity contribution >= 4 is 53.2 Å². The Morgan fingerprint density at radius 2 is 1.58 bits per heavy atom. The van der Waals surface area contributed by atoms with Crippen LogP contribution < -0.4 is 49.7 Å². The predicted molar refractivity (Wildman–Crippen MR) is 220 cm³/mol. The van der Waals surface area contributed by atoms with Crippen LogP contribution >= 0.6 is 0 Å². The molecule has 6 amide bonds. The highest BCUT2D eigenvalue weighted by Crippen LogP contribution is 2.26. The molecule has 0 aromatic carbocycles. The third-order valence-electron chi connectivity index (χ3n) is 10.4. The number of amides is 6. The Bertz CT molecular complexity index is 1640. The third kappa shape index (κ3) is 15.2. The summed E-state index contributed by atoms with van der Waals surface area (Å²) in [6.07, 6.45) is 4.91. The van der Waals surface area contributed by atoms with E-state index in [0.29, 0.717) is 88.7 Å². The standard InChI is InChI=1S/C38H63N13O9/c1-23(52)31(48-30(53)14-3-2-6-18-43-32(54)24-15-16-29(49-42)45-22-24)34(56)46-25(10-4-5-17-39)35(57)51-21-9-13-28(51)36(58)50-20-8-12-27(50)33(55)47-26(37(59)60)11-7-19-44-38(40)41/h15-16,22-23,25-28,31,52H,2-14,17-21,39,42H2,1H3,(H,43,54)(H,45,49)(H,46,56)(H,47,55)(H,48,53)(H,59,60)(H4,40,41,44)/t23?,25-,26+,27-,28-,31-/m0/s1. The molecular formula is C38H63N13O9. The molecule has 0 spiro atoms. The monoisotopic (exact) mass is 845 g/mol. The number of carboxylic acid groups (broad SMARTS) is 1. The number of nitrogens with one attached hydrogen (secondary N) is 5. The second kappa shape index (κ2) is 25.1. The Kier molecular flexibility index (Phi) is 20.4. The van der Waals surface area contributed by atoms with Crippen molar-refractivity contribution in [2.45, 2.75) is 127 Å². The molecule has 0 radical (unpaired) electrons. The first kappa shape index (κ1) is 48.8. The molecule has 22 nitrogen and oxygen atoms in total. The van der Waals surface area contributed by atoms with E-state index < -0.39 is 71.8 Å². The van der Waals surface area contributed by atoms with Crippen LogP contribution in [-0.4, -0.2) is 141 Å². The molecule has 6 atom stereocenters. The Labute approximate surface area is 349 Å². The lowest BCUT2D eigenvalue weighted by Gasteiger charge is -2.33. The van der Waals surface area contributed by atoms with Crippen molar-refractivity contribution in [1.82, 2.24) is 36.1 Å². The number of guanidine groups is 1. The van der Waals surface area contributed by atoms with Crippen LogP contribution in [0.2, 0.25) is 0 Å². The molecule has 334 valence electrons. The van der Waals surface area contributed by atoms with Gasteiger partial charge in [0, 0.05) is 38.8 Å². The zero-order valence-corrected chi connectivity index (χ0v) is 34.3. The number of aliphatic hydroxyl groups is 1. The number of unbranched alkanes of at least 4 members (excludes halogenated alkanes) is 3. The summed E-state index contributed by atoms with van der Waals surface area (Å²) in [5.41, 5.74) is 19.1. The molecule has 2 saturated heterocycles. The van der Waals surface area contributed by atoms with E-state index in [1.165, 1.54) is 22.9 Å². The summed E-state index contributed by atoms with van der Waals surface area (Å²) in [5, 5.41) is 30.8. The fraction of sp³-hybridized carbons (Fsp3) is 0.658. The van der Waals surface area contributed by atoms with E-state index in [1.54, 1.807) is 12.1 Å².